The molecule has 2 rings (SSSR count). The van der Waals surface area contributed by atoms with Crippen LogP contribution in [-0.4, -0.2) is 23.0 Å². The van der Waals surface area contributed by atoms with Crippen LogP contribution >= 0.6 is 0 Å². The Hall–Kier alpha value is -0.890. The molecule has 0 amide bonds. The van der Waals surface area contributed by atoms with E-state index in [-0.39, 0.29) is 0 Å². The smallest absolute Gasteiger partial charge is 0.0372 e. The van der Waals surface area contributed by atoms with Gasteiger partial charge in [-0.3, -0.25) is 9.88 Å². The molecule has 0 N–H and O–H groups in total. The van der Waals surface area contributed by atoms with Crippen LogP contribution in [0.3, 0.4) is 0 Å². The lowest BCUT2D eigenvalue weighted by molar-refractivity contribution is 0.257. The van der Waals surface area contributed by atoms with E-state index in [4.69, 9.17) is 0 Å². The number of hydrogen-bond acceptors (Lipinski definition) is 2. The Morgan fingerprint density at radius 3 is 3.00 bits per heavy atom. The standard InChI is InChI=1S/C13H20N2/c1-3-8-15-9-4-5-13(15)12-7-6-11(2)14-10-12/h6-7,10,13H,3-5,8-9H2,1-2H3. The molecular formula is C13H20N2. The van der Waals surface area contributed by atoms with Gasteiger partial charge in [-0.2, -0.15) is 0 Å². The predicted octanol–water partition coefficient (Wildman–Crippen LogP) is 2.94. The highest BCUT2D eigenvalue weighted by atomic mass is 15.2. The Morgan fingerprint density at radius 1 is 1.47 bits per heavy atom. The van der Waals surface area contributed by atoms with Gasteiger partial charge in [-0.25, -0.2) is 0 Å². The number of aryl methyl sites for hydroxylation is 1. The SMILES string of the molecule is CCCN1CCCC1c1ccc(C)nc1. The molecular weight excluding hydrogens is 184 g/mol. The van der Waals surface area contributed by atoms with Crippen molar-refractivity contribution in [2.75, 3.05) is 13.1 Å². The van der Waals surface area contributed by atoms with Crippen LogP contribution in [0.2, 0.25) is 0 Å². The average Bonchev–Trinajstić information content (AvgIpc) is 2.68. The molecule has 0 spiro atoms. The molecule has 2 nitrogen and oxygen atoms in total. The Balaban J connectivity index is 2.11. The first-order valence-electron chi connectivity index (χ1n) is 5.98. The topological polar surface area (TPSA) is 16.1 Å². The van der Waals surface area contributed by atoms with Crippen LogP contribution in [0.1, 0.15) is 43.5 Å². The van der Waals surface area contributed by atoms with E-state index < -0.39 is 0 Å². The van der Waals surface area contributed by atoms with Gasteiger partial charge < -0.3 is 0 Å². The number of pyridine rings is 1. The Kier molecular flexibility index (Phi) is 3.37. The van der Waals surface area contributed by atoms with Crippen LogP contribution in [0.15, 0.2) is 18.3 Å². The molecule has 1 aromatic heterocycles. The van der Waals surface area contributed by atoms with Gasteiger partial charge in [0.05, 0.1) is 0 Å². The lowest BCUT2D eigenvalue weighted by Crippen LogP contribution is -2.24. The van der Waals surface area contributed by atoms with Gasteiger partial charge in [0.2, 0.25) is 0 Å². The molecule has 2 heteroatoms. The molecule has 1 aromatic rings. The van der Waals surface area contributed by atoms with Gasteiger partial charge in [0.25, 0.3) is 0 Å². The zero-order chi connectivity index (χ0) is 10.7. The second kappa shape index (κ2) is 4.75. The molecule has 1 aliphatic rings. The third-order valence-corrected chi connectivity index (χ3v) is 3.19. The van der Waals surface area contributed by atoms with Gasteiger partial charge in [-0.1, -0.05) is 13.0 Å². The fraction of sp³-hybridized carbons (Fsp3) is 0.615. The quantitative estimate of drug-likeness (QED) is 0.752. The number of hydrogen-bond donors (Lipinski definition) is 0. The summed E-state index contributed by atoms with van der Waals surface area (Å²) in [5.74, 6) is 0. The van der Waals surface area contributed by atoms with Gasteiger partial charge >= 0.3 is 0 Å². The van der Waals surface area contributed by atoms with Crippen LogP contribution in [0.5, 0.6) is 0 Å². The van der Waals surface area contributed by atoms with Crippen molar-refractivity contribution in [3.8, 4) is 0 Å². The predicted molar refractivity (Wildman–Crippen MR) is 62.8 cm³/mol. The zero-order valence-electron chi connectivity index (χ0n) is 9.74. The number of likely N-dealkylation sites (tertiary alicyclic amines) is 1. The fourth-order valence-electron chi connectivity index (χ4n) is 2.43. The highest BCUT2D eigenvalue weighted by Crippen LogP contribution is 2.31. The summed E-state index contributed by atoms with van der Waals surface area (Å²) >= 11 is 0. The molecule has 1 unspecified atom stereocenters. The third kappa shape index (κ3) is 2.37. The van der Waals surface area contributed by atoms with E-state index in [0.717, 1.165) is 5.69 Å². The van der Waals surface area contributed by atoms with Crippen LogP contribution in [0.4, 0.5) is 0 Å². The van der Waals surface area contributed by atoms with Crippen molar-refractivity contribution in [3.63, 3.8) is 0 Å². The Bertz CT molecular complexity index is 305. The van der Waals surface area contributed by atoms with Gasteiger partial charge in [0.15, 0.2) is 0 Å². The van der Waals surface area contributed by atoms with Crippen molar-refractivity contribution < 1.29 is 0 Å². The average molecular weight is 204 g/mol. The van der Waals surface area contributed by atoms with Gasteiger partial charge in [0.1, 0.15) is 0 Å². The largest absolute Gasteiger partial charge is 0.296 e. The first kappa shape index (κ1) is 10.6. The Morgan fingerprint density at radius 2 is 2.33 bits per heavy atom. The molecule has 0 bridgehead atoms. The van der Waals surface area contributed by atoms with Crippen LogP contribution < -0.4 is 0 Å². The summed E-state index contributed by atoms with van der Waals surface area (Å²) in [5.41, 5.74) is 2.50. The molecule has 1 aliphatic heterocycles. The summed E-state index contributed by atoms with van der Waals surface area (Å²) in [6.07, 6.45) is 5.92. The fourth-order valence-corrected chi connectivity index (χ4v) is 2.43. The minimum Gasteiger partial charge on any atom is -0.296 e. The first-order valence-corrected chi connectivity index (χ1v) is 5.98. The summed E-state index contributed by atoms with van der Waals surface area (Å²) < 4.78 is 0. The summed E-state index contributed by atoms with van der Waals surface area (Å²) in [4.78, 5) is 6.98. The molecule has 0 saturated carbocycles. The maximum atomic E-state index is 4.39. The second-order valence-corrected chi connectivity index (χ2v) is 4.43. The van der Waals surface area contributed by atoms with E-state index in [1.807, 2.05) is 13.1 Å². The minimum atomic E-state index is 0.623. The van der Waals surface area contributed by atoms with Gasteiger partial charge in [-0.15, -0.1) is 0 Å². The normalized spacial score (nSPS) is 22.1. The molecule has 0 aliphatic carbocycles. The van der Waals surface area contributed by atoms with Gasteiger partial charge in [0, 0.05) is 17.9 Å². The Labute approximate surface area is 92.3 Å². The number of nitrogens with zero attached hydrogens (tertiary/aromatic N) is 2. The highest BCUT2D eigenvalue weighted by molar-refractivity contribution is 5.18. The number of rotatable bonds is 3. The molecule has 0 radical (unpaired) electrons. The molecule has 1 atom stereocenters. The van der Waals surface area contributed by atoms with Crippen molar-refractivity contribution >= 4 is 0 Å². The van der Waals surface area contributed by atoms with Crippen LogP contribution in [0, 0.1) is 6.92 Å². The van der Waals surface area contributed by atoms with Gasteiger partial charge in [-0.05, 0) is 50.9 Å². The van der Waals surface area contributed by atoms with Crippen molar-refractivity contribution in [3.05, 3.63) is 29.6 Å². The molecule has 2 heterocycles. The summed E-state index contributed by atoms with van der Waals surface area (Å²) in [6, 6.07) is 4.98. The summed E-state index contributed by atoms with van der Waals surface area (Å²) in [5, 5.41) is 0. The van der Waals surface area contributed by atoms with Crippen molar-refractivity contribution in [2.45, 2.75) is 39.2 Å². The molecule has 15 heavy (non-hydrogen) atoms. The van der Waals surface area contributed by atoms with Crippen molar-refractivity contribution in [1.82, 2.24) is 9.88 Å². The van der Waals surface area contributed by atoms with Crippen molar-refractivity contribution in [2.24, 2.45) is 0 Å². The molecule has 1 saturated heterocycles. The maximum absolute atomic E-state index is 4.39. The zero-order valence-corrected chi connectivity index (χ0v) is 9.74. The lowest BCUT2D eigenvalue weighted by Gasteiger charge is -2.23. The summed E-state index contributed by atoms with van der Waals surface area (Å²) in [7, 11) is 0. The summed E-state index contributed by atoms with van der Waals surface area (Å²) in [6.45, 7) is 6.77. The van der Waals surface area contributed by atoms with E-state index in [1.54, 1.807) is 0 Å². The second-order valence-electron chi connectivity index (χ2n) is 4.43. The molecule has 0 aromatic carbocycles. The maximum Gasteiger partial charge on any atom is 0.0372 e. The first-order chi connectivity index (χ1) is 7.31. The van der Waals surface area contributed by atoms with E-state index in [1.165, 1.54) is 37.9 Å². The van der Waals surface area contributed by atoms with E-state index in [9.17, 15) is 0 Å². The van der Waals surface area contributed by atoms with Crippen LogP contribution in [-0.2, 0) is 0 Å². The van der Waals surface area contributed by atoms with E-state index >= 15 is 0 Å². The minimum absolute atomic E-state index is 0.623. The monoisotopic (exact) mass is 204 g/mol. The van der Waals surface area contributed by atoms with E-state index in [2.05, 4.69) is 28.9 Å². The lowest BCUT2D eigenvalue weighted by atomic mass is 10.1. The molecule has 82 valence electrons. The van der Waals surface area contributed by atoms with E-state index in [0.29, 0.717) is 6.04 Å². The molecule has 1 fully saturated rings. The van der Waals surface area contributed by atoms with Crippen molar-refractivity contribution in [1.29, 1.82) is 0 Å². The highest BCUT2D eigenvalue weighted by Gasteiger charge is 2.24. The third-order valence-electron chi connectivity index (χ3n) is 3.19. The van der Waals surface area contributed by atoms with Crippen LogP contribution in [0.25, 0.3) is 0 Å². The number of aromatic nitrogens is 1.